The summed E-state index contributed by atoms with van der Waals surface area (Å²) >= 11 is 0. The van der Waals surface area contributed by atoms with Crippen LogP contribution in [0.2, 0.25) is 0 Å². The standard InChI is InChI=1S/C26H36N4O6S/c1-2-22-24-23(8-5-17-35-18-6-13-27-25(24)31)30(28-22)16-7-19-36-26(32)20-9-11-21(12-10-20)37(33,34)29-14-3-4-15-29/h9-12H,2-8,13-19H2,1H3,(H,27,31). The highest BCUT2D eigenvalue weighted by molar-refractivity contribution is 7.89. The van der Waals surface area contributed by atoms with E-state index in [1.54, 1.807) is 0 Å². The molecule has 11 heteroatoms. The summed E-state index contributed by atoms with van der Waals surface area (Å²) in [5.74, 6) is -0.600. The molecule has 1 amide bonds. The highest BCUT2D eigenvalue weighted by Gasteiger charge is 2.27. The lowest BCUT2D eigenvalue weighted by Crippen LogP contribution is -2.27. The first-order valence-corrected chi connectivity index (χ1v) is 14.6. The molecular weight excluding hydrogens is 496 g/mol. The van der Waals surface area contributed by atoms with Crippen LogP contribution in [0.25, 0.3) is 0 Å². The predicted molar refractivity (Wildman–Crippen MR) is 137 cm³/mol. The summed E-state index contributed by atoms with van der Waals surface area (Å²) in [6.45, 7) is 5.57. The average molecular weight is 533 g/mol. The van der Waals surface area contributed by atoms with Crippen molar-refractivity contribution in [1.82, 2.24) is 19.4 Å². The summed E-state index contributed by atoms with van der Waals surface area (Å²) in [7, 11) is -3.52. The van der Waals surface area contributed by atoms with Gasteiger partial charge in [-0.15, -0.1) is 0 Å². The number of hydrogen-bond acceptors (Lipinski definition) is 7. The van der Waals surface area contributed by atoms with Gasteiger partial charge in [0, 0.05) is 45.8 Å². The van der Waals surface area contributed by atoms with Crippen molar-refractivity contribution in [3.05, 3.63) is 46.8 Å². The number of carbonyl (C=O) groups is 2. The first kappa shape index (κ1) is 27.3. The number of amides is 1. The normalized spacial score (nSPS) is 17.6. The quantitative estimate of drug-likeness (QED) is 0.410. The summed E-state index contributed by atoms with van der Waals surface area (Å²) in [6.07, 6.45) is 5.17. The number of fused-ring (bicyclic) bond motifs is 1. The summed E-state index contributed by atoms with van der Waals surface area (Å²) in [5, 5.41) is 7.65. The minimum Gasteiger partial charge on any atom is -0.462 e. The van der Waals surface area contributed by atoms with Crippen molar-refractivity contribution in [2.45, 2.75) is 63.3 Å². The predicted octanol–water partition coefficient (Wildman–Crippen LogP) is 2.56. The number of sulfonamides is 1. The van der Waals surface area contributed by atoms with Gasteiger partial charge >= 0.3 is 5.97 Å². The van der Waals surface area contributed by atoms with Crippen LogP contribution in [0, 0.1) is 0 Å². The van der Waals surface area contributed by atoms with E-state index < -0.39 is 16.0 Å². The zero-order chi connectivity index (χ0) is 26.3. The fourth-order valence-corrected chi connectivity index (χ4v) is 6.23. The van der Waals surface area contributed by atoms with Gasteiger partial charge in [-0.3, -0.25) is 9.48 Å². The molecule has 37 heavy (non-hydrogen) atoms. The second-order valence-electron chi connectivity index (χ2n) is 9.30. The Morgan fingerprint density at radius 2 is 1.84 bits per heavy atom. The van der Waals surface area contributed by atoms with Gasteiger partial charge in [-0.2, -0.15) is 9.40 Å². The van der Waals surface area contributed by atoms with Crippen LogP contribution in [-0.2, 0) is 38.9 Å². The third-order valence-corrected chi connectivity index (χ3v) is 8.60. The molecular formula is C26H36N4O6S. The number of esters is 1. The van der Waals surface area contributed by atoms with Gasteiger partial charge in [0.1, 0.15) is 0 Å². The van der Waals surface area contributed by atoms with Gasteiger partial charge in [-0.25, -0.2) is 13.2 Å². The molecule has 0 unspecified atom stereocenters. The molecule has 2 aromatic rings. The number of benzene rings is 1. The molecule has 0 saturated carbocycles. The number of hydrogen-bond donors (Lipinski definition) is 1. The van der Waals surface area contributed by atoms with Crippen LogP contribution in [0.15, 0.2) is 29.2 Å². The molecule has 2 aliphatic heterocycles. The minimum atomic E-state index is -3.52. The SMILES string of the molecule is CCc1nn(CCCOC(=O)c2ccc(S(=O)(=O)N3CCCC3)cc2)c2c1C(=O)NCCCOCCC2. The Hall–Kier alpha value is -2.76. The molecule has 0 radical (unpaired) electrons. The third-order valence-electron chi connectivity index (χ3n) is 6.69. The number of carbonyl (C=O) groups excluding carboxylic acids is 2. The number of ether oxygens (including phenoxy) is 2. The van der Waals surface area contributed by atoms with Crippen molar-refractivity contribution in [3.8, 4) is 0 Å². The summed E-state index contributed by atoms with van der Waals surface area (Å²) in [6, 6.07) is 5.90. The van der Waals surface area contributed by atoms with Crippen LogP contribution < -0.4 is 5.32 Å². The fraction of sp³-hybridized carbons (Fsp3) is 0.577. The Morgan fingerprint density at radius 1 is 1.11 bits per heavy atom. The highest BCUT2D eigenvalue weighted by Crippen LogP contribution is 2.22. The van der Waals surface area contributed by atoms with Crippen molar-refractivity contribution in [2.75, 3.05) is 39.5 Å². The maximum atomic E-state index is 12.9. The maximum absolute atomic E-state index is 12.9. The first-order chi connectivity index (χ1) is 17.9. The molecule has 202 valence electrons. The van der Waals surface area contributed by atoms with Crippen LogP contribution in [0.1, 0.15) is 71.1 Å². The minimum absolute atomic E-state index is 0.0957. The average Bonchev–Trinajstić information content (AvgIpc) is 3.56. The van der Waals surface area contributed by atoms with Crippen molar-refractivity contribution in [3.63, 3.8) is 0 Å². The molecule has 0 atom stereocenters. The molecule has 1 aromatic carbocycles. The van der Waals surface area contributed by atoms with Crippen LogP contribution >= 0.6 is 0 Å². The van der Waals surface area contributed by atoms with Crippen LogP contribution in [-0.4, -0.2) is 73.8 Å². The highest BCUT2D eigenvalue weighted by atomic mass is 32.2. The lowest BCUT2D eigenvalue weighted by Gasteiger charge is -2.15. The number of aryl methyl sites for hydroxylation is 2. The van der Waals surface area contributed by atoms with Gasteiger partial charge in [0.15, 0.2) is 0 Å². The van der Waals surface area contributed by atoms with Gasteiger partial charge in [-0.05, 0) is 62.8 Å². The Morgan fingerprint density at radius 3 is 2.57 bits per heavy atom. The zero-order valence-electron chi connectivity index (χ0n) is 21.4. The number of rotatable bonds is 8. The molecule has 3 heterocycles. The molecule has 4 rings (SSSR count). The lowest BCUT2D eigenvalue weighted by molar-refractivity contribution is 0.0494. The maximum Gasteiger partial charge on any atom is 0.338 e. The monoisotopic (exact) mass is 532 g/mol. The molecule has 1 saturated heterocycles. The van der Waals surface area contributed by atoms with E-state index in [-0.39, 0.29) is 17.4 Å². The van der Waals surface area contributed by atoms with Crippen molar-refractivity contribution in [1.29, 1.82) is 0 Å². The topological polar surface area (TPSA) is 120 Å². The number of aromatic nitrogens is 2. The molecule has 1 aromatic heterocycles. The summed E-state index contributed by atoms with van der Waals surface area (Å²) < 4.78 is 39.7. The summed E-state index contributed by atoms with van der Waals surface area (Å²) in [5.41, 5.74) is 2.62. The smallest absolute Gasteiger partial charge is 0.338 e. The van der Waals surface area contributed by atoms with E-state index in [9.17, 15) is 18.0 Å². The Bertz CT molecular complexity index is 1190. The Labute approximate surface area is 218 Å². The van der Waals surface area contributed by atoms with Gasteiger partial charge < -0.3 is 14.8 Å². The lowest BCUT2D eigenvalue weighted by atomic mass is 10.1. The molecule has 1 N–H and O–H groups in total. The number of nitrogens with one attached hydrogen (secondary N) is 1. The van der Waals surface area contributed by atoms with Crippen LogP contribution in [0.3, 0.4) is 0 Å². The van der Waals surface area contributed by atoms with Crippen LogP contribution in [0.4, 0.5) is 0 Å². The number of nitrogens with zero attached hydrogens (tertiary/aromatic N) is 3. The van der Waals surface area contributed by atoms with E-state index in [0.29, 0.717) is 69.8 Å². The van der Waals surface area contributed by atoms with E-state index in [1.165, 1.54) is 28.6 Å². The molecule has 10 nitrogen and oxygen atoms in total. The van der Waals surface area contributed by atoms with Gasteiger partial charge in [0.05, 0.1) is 34.0 Å². The van der Waals surface area contributed by atoms with Gasteiger partial charge in [-0.1, -0.05) is 6.92 Å². The largest absolute Gasteiger partial charge is 0.462 e. The van der Waals surface area contributed by atoms with E-state index in [1.807, 2.05) is 11.6 Å². The van der Waals surface area contributed by atoms with E-state index in [2.05, 4.69) is 10.4 Å². The second kappa shape index (κ2) is 12.7. The molecule has 0 aliphatic carbocycles. The summed E-state index contributed by atoms with van der Waals surface area (Å²) in [4.78, 5) is 25.6. The molecule has 2 aliphatic rings. The second-order valence-corrected chi connectivity index (χ2v) is 11.2. The Kier molecular flexibility index (Phi) is 9.33. The molecule has 0 spiro atoms. The fourth-order valence-electron chi connectivity index (χ4n) is 4.71. The van der Waals surface area contributed by atoms with Crippen molar-refractivity contribution in [2.24, 2.45) is 0 Å². The molecule has 0 bridgehead atoms. The molecule has 1 fully saturated rings. The van der Waals surface area contributed by atoms with Gasteiger partial charge in [0.2, 0.25) is 10.0 Å². The van der Waals surface area contributed by atoms with E-state index in [0.717, 1.165) is 37.1 Å². The van der Waals surface area contributed by atoms with Crippen molar-refractivity contribution >= 4 is 21.9 Å². The van der Waals surface area contributed by atoms with E-state index in [4.69, 9.17) is 9.47 Å². The first-order valence-electron chi connectivity index (χ1n) is 13.1. The van der Waals surface area contributed by atoms with E-state index >= 15 is 0 Å². The van der Waals surface area contributed by atoms with Crippen molar-refractivity contribution < 1.29 is 27.5 Å². The van der Waals surface area contributed by atoms with Crippen LogP contribution in [0.5, 0.6) is 0 Å². The Balaban J connectivity index is 1.35. The third kappa shape index (κ3) is 6.58. The van der Waals surface area contributed by atoms with Gasteiger partial charge in [0.25, 0.3) is 5.91 Å². The zero-order valence-corrected chi connectivity index (χ0v) is 22.2.